The number of amides is 1. The van der Waals surface area contributed by atoms with E-state index in [0.29, 0.717) is 11.3 Å². The number of hydrogen-bond donors (Lipinski definition) is 2. The molecule has 2 N–H and O–H groups in total. The van der Waals surface area contributed by atoms with Gasteiger partial charge in [0.15, 0.2) is 18.1 Å². The predicted octanol–water partition coefficient (Wildman–Crippen LogP) is 1.24. The van der Waals surface area contributed by atoms with Crippen molar-refractivity contribution in [1.82, 2.24) is 5.32 Å². The number of ether oxygens (including phenoxy) is 2. The molecule has 1 amide bonds. The van der Waals surface area contributed by atoms with E-state index < -0.39 is 5.97 Å². The quantitative estimate of drug-likeness (QED) is 0.608. The molecule has 1 aliphatic carbocycles. The van der Waals surface area contributed by atoms with Gasteiger partial charge in [0, 0.05) is 12.1 Å². The van der Waals surface area contributed by atoms with Crippen LogP contribution >= 0.6 is 0 Å². The lowest BCUT2D eigenvalue weighted by atomic mass is 10.2. The van der Waals surface area contributed by atoms with Gasteiger partial charge in [0.25, 0.3) is 5.91 Å². The number of phenols is 1. The lowest BCUT2D eigenvalue weighted by Gasteiger charge is -2.04. The Morgan fingerprint density at radius 3 is 2.86 bits per heavy atom. The van der Waals surface area contributed by atoms with Gasteiger partial charge in [-0.3, -0.25) is 4.79 Å². The Kier molecular flexibility index (Phi) is 4.81. The number of phenolic OH excluding ortho intramolecular Hbond substituents is 1. The molecule has 0 heterocycles. The fourth-order valence-corrected chi connectivity index (χ4v) is 1.64. The molecular formula is C15H17NO5. The maximum atomic E-state index is 11.5. The van der Waals surface area contributed by atoms with Crippen LogP contribution in [0.5, 0.6) is 11.5 Å². The number of benzene rings is 1. The molecular weight excluding hydrogens is 274 g/mol. The van der Waals surface area contributed by atoms with Crippen LogP contribution in [0.2, 0.25) is 0 Å². The van der Waals surface area contributed by atoms with Crippen LogP contribution < -0.4 is 10.1 Å². The van der Waals surface area contributed by atoms with Crippen molar-refractivity contribution in [3.05, 3.63) is 29.8 Å². The van der Waals surface area contributed by atoms with Crippen LogP contribution in [-0.4, -0.2) is 36.7 Å². The first-order valence-corrected chi connectivity index (χ1v) is 6.59. The minimum Gasteiger partial charge on any atom is -0.504 e. The van der Waals surface area contributed by atoms with Crippen LogP contribution in [0.25, 0.3) is 6.08 Å². The van der Waals surface area contributed by atoms with E-state index in [-0.39, 0.29) is 24.3 Å². The molecule has 1 fully saturated rings. The largest absolute Gasteiger partial charge is 0.504 e. The molecule has 1 aromatic rings. The Hall–Kier alpha value is -2.50. The third kappa shape index (κ3) is 4.83. The first kappa shape index (κ1) is 14.9. The van der Waals surface area contributed by atoms with Gasteiger partial charge in [-0.05, 0) is 36.6 Å². The molecule has 1 saturated carbocycles. The maximum absolute atomic E-state index is 11.5. The summed E-state index contributed by atoms with van der Waals surface area (Å²) in [6.07, 6.45) is 4.71. The summed E-state index contributed by atoms with van der Waals surface area (Å²) in [5, 5.41) is 12.2. The topological polar surface area (TPSA) is 84.9 Å². The zero-order valence-corrected chi connectivity index (χ0v) is 11.7. The van der Waals surface area contributed by atoms with Crippen LogP contribution in [0.4, 0.5) is 0 Å². The summed E-state index contributed by atoms with van der Waals surface area (Å²) >= 11 is 0. The number of carbonyl (C=O) groups is 2. The second-order valence-corrected chi connectivity index (χ2v) is 4.71. The van der Waals surface area contributed by atoms with E-state index >= 15 is 0 Å². The Morgan fingerprint density at radius 1 is 1.43 bits per heavy atom. The molecule has 0 unspecified atom stereocenters. The molecule has 6 heteroatoms. The van der Waals surface area contributed by atoms with E-state index in [2.05, 4.69) is 5.32 Å². The zero-order chi connectivity index (χ0) is 15.2. The molecule has 0 spiro atoms. The van der Waals surface area contributed by atoms with Crippen LogP contribution in [0.15, 0.2) is 24.3 Å². The van der Waals surface area contributed by atoms with Crippen LogP contribution in [0.1, 0.15) is 18.4 Å². The van der Waals surface area contributed by atoms with Gasteiger partial charge < -0.3 is 19.9 Å². The van der Waals surface area contributed by atoms with Gasteiger partial charge in [-0.15, -0.1) is 0 Å². The van der Waals surface area contributed by atoms with E-state index in [1.165, 1.54) is 25.3 Å². The molecule has 1 aromatic carbocycles. The summed E-state index contributed by atoms with van der Waals surface area (Å²) in [7, 11) is 1.44. The van der Waals surface area contributed by atoms with Crippen LogP contribution in [-0.2, 0) is 14.3 Å². The van der Waals surface area contributed by atoms with Crippen LogP contribution in [0, 0.1) is 0 Å². The van der Waals surface area contributed by atoms with Gasteiger partial charge in [0.1, 0.15) is 0 Å². The maximum Gasteiger partial charge on any atom is 0.331 e. The Morgan fingerprint density at radius 2 is 2.19 bits per heavy atom. The third-order valence-electron chi connectivity index (χ3n) is 2.90. The molecule has 0 radical (unpaired) electrons. The lowest BCUT2D eigenvalue weighted by molar-refractivity contribution is -0.143. The fraction of sp³-hybridized carbons (Fsp3) is 0.333. The van der Waals surface area contributed by atoms with E-state index in [4.69, 9.17) is 9.47 Å². The summed E-state index contributed by atoms with van der Waals surface area (Å²) < 4.78 is 9.78. The first-order valence-electron chi connectivity index (χ1n) is 6.59. The van der Waals surface area contributed by atoms with Gasteiger partial charge >= 0.3 is 5.97 Å². The minimum absolute atomic E-state index is 0.0222. The van der Waals surface area contributed by atoms with Crippen molar-refractivity contribution >= 4 is 18.0 Å². The van der Waals surface area contributed by atoms with E-state index in [0.717, 1.165) is 12.8 Å². The molecule has 21 heavy (non-hydrogen) atoms. The Balaban J connectivity index is 1.82. The van der Waals surface area contributed by atoms with E-state index in [1.54, 1.807) is 12.1 Å². The van der Waals surface area contributed by atoms with Gasteiger partial charge in [-0.1, -0.05) is 6.07 Å². The van der Waals surface area contributed by atoms with Crippen molar-refractivity contribution < 1.29 is 24.2 Å². The highest BCUT2D eigenvalue weighted by Crippen LogP contribution is 2.26. The molecule has 2 rings (SSSR count). The molecule has 0 atom stereocenters. The summed E-state index contributed by atoms with van der Waals surface area (Å²) in [4.78, 5) is 22.8. The number of nitrogens with one attached hydrogen (secondary N) is 1. The SMILES string of the molecule is COc1cc(C=CC(=O)OCC(=O)NC2CC2)ccc1O. The number of hydrogen-bond acceptors (Lipinski definition) is 5. The normalized spacial score (nSPS) is 14.0. The van der Waals surface area contributed by atoms with Crippen molar-refractivity contribution in [3.63, 3.8) is 0 Å². The molecule has 0 aliphatic heterocycles. The number of aromatic hydroxyl groups is 1. The van der Waals surface area contributed by atoms with Crippen molar-refractivity contribution in [1.29, 1.82) is 0 Å². The second kappa shape index (κ2) is 6.78. The molecule has 1 aliphatic rings. The average Bonchev–Trinajstić information content (AvgIpc) is 3.28. The number of carbonyl (C=O) groups excluding carboxylic acids is 2. The third-order valence-corrected chi connectivity index (χ3v) is 2.90. The number of rotatable bonds is 6. The summed E-state index contributed by atoms with van der Waals surface area (Å²) in [5.74, 6) is -0.554. The highest BCUT2D eigenvalue weighted by Gasteiger charge is 2.23. The first-order chi connectivity index (χ1) is 10.1. The summed E-state index contributed by atoms with van der Waals surface area (Å²) in [6, 6.07) is 4.92. The van der Waals surface area contributed by atoms with Crippen molar-refractivity contribution in [2.24, 2.45) is 0 Å². The standard InChI is InChI=1S/C15H17NO5/c1-20-13-8-10(2-6-12(13)17)3-7-15(19)21-9-14(18)16-11-4-5-11/h2-3,6-8,11,17H,4-5,9H2,1H3,(H,16,18). The van der Waals surface area contributed by atoms with Crippen molar-refractivity contribution in [2.45, 2.75) is 18.9 Å². The highest BCUT2D eigenvalue weighted by molar-refractivity contribution is 5.89. The van der Waals surface area contributed by atoms with Gasteiger partial charge in [-0.25, -0.2) is 4.79 Å². The smallest absolute Gasteiger partial charge is 0.331 e. The van der Waals surface area contributed by atoms with Gasteiger partial charge in [0.05, 0.1) is 7.11 Å². The van der Waals surface area contributed by atoms with Crippen LogP contribution in [0.3, 0.4) is 0 Å². The summed E-state index contributed by atoms with van der Waals surface area (Å²) in [6.45, 7) is -0.279. The van der Waals surface area contributed by atoms with Gasteiger partial charge in [0.2, 0.25) is 0 Å². The summed E-state index contributed by atoms with van der Waals surface area (Å²) in [5.41, 5.74) is 0.670. The van der Waals surface area contributed by atoms with E-state index in [9.17, 15) is 14.7 Å². The predicted molar refractivity (Wildman–Crippen MR) is 75.8 cm³/mol. The number of esters is 1. The Labute approximate surface area is 122 Å². The molecule has 6 nitrogen and oxygen atoms in total. The Bertz CT molecular complexity index is 563. The molecule has 0 saturated heterocycles. The van der Waals surface area contributed by atoms with Crippen molar-refractivity contribution in [3.8, 4) is 11.5 Å². The minimum atomic E-state index is -0.604. The average molecular weight is 291 g/mol. The fourth-order valence-electron chi connectivity index (χ4n) is 1.64. The van der Waals surface area contributed by atoms with Crippen molar-refractivity contribution in [2.75, 3.05) is 13.7 Å². The van der Waals surface area contributed by atoms with Gasteiger partial charge in [-0.2, -0.15) is 0 Å². The van der Waals surface area contributed by atoms with E-state index in [1.807, 2.05) is 0 Å². The second-order valence-electron chi connectivity index (χ2n) is 4.71. The number of methoxy groups -OCH3 is 1. The molecule has 112 valence electrons. The molecule has 0 bridgehead atoms. The zero-order valence-electron chi connectivity index (χ0n) is 11.7. The monoisotopic (exact) mass is 291 g/mol. The highest BCUT2D eigenvalue weighted by atomic mass is 16.5. The molecule has 0 aromatic heterocycles. The lowest BCUT2D eigenvalue weighted by Crippen LogP contribution is -2.30.